The molecule has 0 radical (unpaired) electrons. The largest absolute Gasteiger partial charge is 0.413 e. The molecule has 0 bridgehead atoms. The number of rotatable bonds is 13. The first-order chi connectivity index (χ1) is 19.8. The molecule has 2 fully saturated rings. The Hall–Kier alpha value is -3.39. The lowest BCUT2D eigenvalue weighted by atomic mass is 9.84. The molecule has 2 aromatic carbocycles. The molecule has 41 heavy (non-hydrogen) atoms. The van der Waals surface area contributed by atoms with Gasteiger partial charge in [-0.25, -0.2) is 4.79 Å². The minimum atomic E-state index is -0.869. The summed E-state index contributed by atoms with van der Waals surface area (Å²) in [5.74, 6) is 0.0388. The summed E-state index contributed by atoms with van der Waals surface area (Å²) in [6, 6.07) is 14.8. The Morgan fingerprint density at radius 1 is 1.05 bits per heavy atom. The number of benzene rings is 2. The van der Waals surface area contributed by atoms with Gasteiger partial charge in [-0.2, -0.15) is 0 Å². The molecule has 8 nitrogen and oxygen atoms in total. The average molecular weight is 582 g/mol. The third-order valence-electron chi connectivity index (χ3n) is 8.36. The number of likely N-dealkylation sites (N-methyl/N-ethyl adjacent to an activating group) is 1. The number of ether oxygens (including phenoxy) is 1. The highest BCUT2D eigenvalue weighted by atomic mass is 35.5. The van der Waals surface area contributed by atoms with Crippen LogP contribution in [0.3, 0.4) is 0 Å². The van der Waals surface area contributed by atoms with Crippen molar-refractivity contribution in [2.45, 2.75) is 88.3 Å². The van der Waals surface area contributed by atoms with Crippen molar-refractivity contribution in [1.29, 1.82) is 0 Å². The molecule has 0 aliphatic heterocycles. The lowest BCUT2D eigenvalue weighted by molar-refractivity contribution is -0.133. The summed E-state index contributed by atoms with van der Waals surface area (Å²) in [7, 11) is 1.82. The summed E-state index contributed by atoms with van der Waals surface area (Å²) in [5.41, 5.74) is 1.00. The maximum absolute atomic E-state index is 13.3. The fourth-order valence-electron chi connectivity index (χ4n) is 5.72. The Bertz CT molecular complexity index is 1200. The number of carbonyl (C=O) groups excluding carboxylic acids is 4. The van der Waals surface area contributed by atoms with E-state index in [4.69, 9.17) is 16.3 Å². The van der Waals surface area contributed by atoms with Gasteiger partial charge in [0.15, 0.2) is 0 Å². The third kappa shape index (κ3) is 9.05. The molecule has 2 aromatic rings. The third-order valence-corrected chi connectivity index (χ3v) is 8.59. The molecule has 220 valence electrons. The number of hydrogen-bond acceptors (Lipinski definition) is 5. The molecule has 3 amide bonds. The van der Waals surface area contributed by atoms with Crippen molar-refractivity contribution < 1.29 is 23.9 Å². The maximum atomic E-state index is 13.3. The molecule has 0 heterocycles. The van der Waals surface area contributed by atoms with Gasteiger partial charge in [0.25, 0.3) is 0 Å². The van der Waals surface area contributed by atoms with Crippen LogP contribution < -0.4 is 15.4 Å². The van der Waals surface area contributed by atoms with Crippen molar-refractivity contribution in [3.63, 3.8) is 0 Å². The molecular formula is C32H40ClN3O5. The van der Waals surface area contributed by atoms with Crippen molar-refractivity contribution >= 4 is 35.8 Å². The zero-order valence-corrected chi connectivity index (χ0v) is 24.4. The van der Waals surface area contributed by atoms with Gasteiger partial charge in [-0.15, -0.1) is 0 Å². The van der Waals surface area contributed by atoms with Crippen molar-refractivity contribution in [2.75, 3.05) is 7.05 Å². The van der Waals surface area contributed by atoms with E-state index in [1.807, 2.05) is 30.1 Å². The predicted molar refractivity (Wildman–Crippen MR) is 158 cm³/mol. The standard InChI is InChI=1S/C32H40ClN3O5/c1-36(32(17-18-32)21-24-11-6-3-7-12-24)29(38)16-15-26(22-37)34-30(39)28(19-23-9-4-2-5-10-23)35-31(40)41-27-14-8-13-25(33)20-27/h3,6-8,11-14,20,22-23,26,28H,2,4-5,9-10,15-19,21H2,1H3,(H,34,39)(H,35,40). The van der Waals surface area contributed by atoms with E-state index in [1.54, 1.807) is 18.2 Å². The fraction of sp³-hybridized carbons (Fsp3) is 0.500. The summed E-state index contributed by atoms with van der Waals surface area (Å²) < 4.78 is 5.35. The zero-order valence-electron chi connectivity index (χ0n) is 23.7. The minimum Gasteiger partial charge on any atom is -0.410 e. The van der Waals surface area contributed by atoms with Crippen LogP contribution in [0, 0.1) is 5.92 Å². The summed E-state index contributed by atoms with van der Waals surface area (Å²) in [6.45, 7) is 0. The van der Waals surface area contributed by atoms with Gasteiger partial charge >= 0.3 is 6.09 Å². The number of nitrogens with one attached hydrogen (secondary N) is 2. The molecule has 2 unspecified atom stereocenters. The van der Waals surface area contributed by atoms with Gasteiger partial charge in [-0.05, 0) is 61.8 Å². The lowest BCUT2D eigenvalue weighted by Crippen LogP contribution is -2.51. The molecule has 0 saturated heterocycles. The van der Waals surface area contributed by atoms with Crippen LogP contribution in [0.5, 0.6) is 5.75 Å². The Morgan fingerprint density at radius 3 is 2.44 bits per heavy atom. The first-order valence-electron chi connectivity index (χ1n) is 14.6. The van der Waals surface area contributed by atoms with Gasteiger partial charge in [0.2, 0.25) is 11.8 Å². The van der Waals surface area contributed by atoms with E-state index >= 15 is 0 Å². The minimum absolute atomic E-state index is 0.0542. The molecule has 2 aliphatic carbocycles. The number of amides is 3. The number of halogens is 1. The molecule has 4 rings (SSSR count). The van der Waals surface area contributed by atoms with Crippen LogP contribution >= 0.6 is 11.6 Å². The van der Waals surface area contributed by atoms with Crippen LogP contribution in [0.25, 0.3) is 0 Å². The lowest BCUT2D eigenvalue weighted by Gasteiger charge is -2.29. The Balaban J connectivity index is 1.32. The van der Waals surface area contributed by atoms with Crippen molar-refractivity contribution in [2.24, 2.45) is 5.92 Å². The van der Waals surface area contributed by atoms with Gasteiger partial charge in [0.1, 0.15) is 18.1 Å². The molecule has 2 saturated carbocycles. The molecule has 2 N–H and O–H groups in total. The number of nitrogens with zero attached hydrogens (tertiary/aromatic N) is 1. The van der Waals surface area contributed by atoms with E-state index in [-0.39, 0.29) is 36.0 Å². The summed E-state index contributed by atoms with van der Waals surface area (Å²) in [5, 5.41) is 5.87. The smallest absolute Gasteiger partial charge is 0.410 e. The van der Waals surface area contributed by atoms with Crippen LogP contribution in [0.1, 0.15) is 69.8 Å². The fourth-order valence-corrected chi connectivity index (χ4v) is 5.90. The van der Waals surface area contributed by atoms with Gasteiger partial charge in [-0.1, -0.05) is 80.1 Å². The van der Waals surface area contributed by atoms with E-state index in [2.05, 4.69) is 22.8 Å². The van der Waals surface area contributed by atoms with Crippen LogP contribution in [-0.4, -0.2) is 53.8 Å². The van der Waals surface area contributed by atoms with Crippen molar-refractivity contribution in [3.05, 3.63) is 65.2 Å². The number of aldehydes is 1. The topological polar surface area (TPSA) is 105 Å². The highest BCUT2D eigenvalue weighted by Gasteiger charge is 2.48. The average Bonchev–Trinajstić information content (AvgIpc) is 3.75. The summed E-state index contributed by atoms with van der Waals surface area (Å²) in [4.78, 5) is 52.8. The normalized spacial score (nSPS) is 17.5. The van der Waals surface area contributed by atoms with Crippen LogP contribution in [0.15, 0.2) is 54.6 Å². The highest BCUT2D eigenvalue weighted by molar-refractivity contribution is 6.30. The second kappa shape index (κ2) is 14.5. The summed E-state index contributed by atoms with van der Waals surface area (Å²) in [6.07, 6.45) is 8.64. The van der Waals surface area contributed by atoms with E-state index in [0.29, 0.717) is 17.7 Å². The van der Waals surface area contributed by atoms with Crippen LogP contribution in [-0.2, 0) is 20.8 Å². The Morgan fingerprint density at radius 2 is 1.78 bits per heavy atom. The van der Waals surface area contributed by atoms with Gasteiger partial charge < -0.3 is 25.1 Å². The Kier molecular flexibility index (Phi) is 10.8. The van der Waals surface area contributed by atoms with Crippen LogP contribution in [0.2, 0.25) is 5.02 Å². The van der Waals surface area contributed by atoms with Crippen molar-refractivity contribution in [1.82, 2.24) is 15.5 Å². The van der Waals surface area contributed by atoms with Crippen LogP contribution in [0.4, 0.5) is 4.79 Å². The molecule has 9 heteroatoms. The highest BCUT2D eigenvalue weighted by Crippen LogP contribution is 2.44. The Labute approximate surface area is 247 Å². The molecular weight excluding hydrogens is 542 g/mol. The predicted octanol–water partition coefficient (Wildman–Crippen LogP) is 5.47. The van der Waals surface area contributed by atoms with Gasteiger partial charge in [0.05, 0.1) is 6.04 Å². The van der Waals surface area contributed by atoms with E-state index in [1.165, 1.54) is 18.1 Å². The van der Waals surface area contributed by atoms with E-state index in [9.17, 15) is 19.2 Å². The zero-order chi connectivity index (χ0) is 29.2. The molecule has 2 atom stereocenters. The molecule has 2 aliphatic rings. The van der Waals surface area contributed by atoms with Gasteiger partial charge in [-0.3, -0.25) is 9.59 Å². The first-order valence-corrected chi connectivity index (χ1v) is 15.0. The second-order valence-corrected chi connectivity index (χ2v) is 11.8. The van der Waals surface area contributed by atoms with Crippen molar-refractivity contribution in [3.8, 4) is 5.75 Å². The van der Waals surface area contributed by atoms with Gasteiger partial charge in [0, 0.05) is 24.0 Å². The number of hydrogen-bond donors (Lipinski definition) is 2. The first kappa shape index (κ1) is 30.6. The second-order valence-electron chi connectivity index (χ2n) is 11.4. The van der Waals surface area contributed by atoms with E-state index in [0.717, 1.165) is 44.9 Å². The SMILES string of the molecule is CN(C(=O)CCC(C=O)NC(=O)C(CC1CCCCC1)NC(=O)Oc1cccc(Cl)c1)C1(Cc2ccccc2)CC1. The summed E-state index contributed by atoms with van der Waals surface area (Å²) >= 11 is 5.99. The van der Waals surface area contributed by atoms with E-state index < -0.39 is 24.1 Å². The quantitative estimate of drug-likeness (QED) is 0.305. The monoisotopic (exact) mass is 581 g/mol. The number of carbonyl (C=O) groups is 4. The molecule has 0 spiro atoms. The molecule has 0 aromatic heterocycles. The maximum Gasteiger partial charge on any atom is 0.413 e.